The highest BCUT2D eigenvalue weighted by Crippen LogP contribution is 2.15. The monoisotopic (exact) mass is 256 g/mol. The maximum absolute atomic E-state index is 11.6. The Hall–Kier alpha value is -2.29. The molecule has 0 radical (unpaired) electrons. The van der Waals surface area contributed by atoms with Crippen LogP contribution >= 0.6 is 0 Å². The molecular weight excluding hydrogens is 240 g/mol. The number of carbonyl (C=O) groups excluding carboxylic acids is 1. The second kappa shape index (κ2) is 6.05. The van der Waals surface area contributed by atoms with Gasteiger partial charge in [-0.1, -0.05) is 36.8 Å². The largest absolute Gasteiger partial charge is 0.519 e. The number of carbonyl (C=O) groups is 1. The fourth-order valence-electron chi connectivity index (χ4n) is 1.61. The molecule has 0 aliphatic heterocycles. The minimum atomic E-state index is -0.729. The topological polar surface area (TPSA) is 35.5 Å². The zero-order valence-corrected chi connectivity index (χ0v) is 11.1. The van der Waals surface area contributed by atoms with E-state index in [1.54, 1.807) is 24.3 Å². The first-order valence-electron chi connectivity index (χ1n) is 6.22. The average molecular weight is 256 g/mol. The van der Waals surface area contributed by atoms with Crippen molar-refractivity contribution < 1.29 is 14.3 Å². The van der Waals surface area contributed by atoms with Crippen LogP contribution in [0.3, 0.4) is 0 Å². The molecule has 0 bridgehead atoms. The number of aryl methyl sites for hydroxylation is 2. The molecule has 0 unspecified atom stereocenters. The minimum Gasteiger partial charge on any atom is -0.395 e. The molecule has 3 heteroatoms. The van der Waals surface area contributed by atoms with Gasteiger partial charge in [-0.15, -0.1) is 0 Å². The summed E-state index contributed by atoms with van der Waals surface area (Å²) in [5, 5.41) is 0. The predicted octanol–water partition coefficient (Wildman–Crippen LogP) is 4.14. The Labute approximate surface area is 112 Å². The van der Waals surface area contributed by atoms with Crippen LogP contribution in [0.4, 0.5) is 4.79 Å². The zero-order chi connectivity index (χ0) is 13.7. The molecule has 19 heavy (non-hydrogen) atoms. The van der Waals surface area contributed by atoms with E-state index in [0.29, 0.717) is 11.5 Å². The number of hydrogen-bond acceptors (Lipinski definition) is 3. The highest BCUT2D eigenvalue weighted by molar-refractivity contribution is 5.67. The highest BCUT2D eigenvalue weighted by Gasteiger charge is 2.07. The summed E-state index contributed by atoms with van der Waals surface area (Å²) in [7, 11) is 0. The third kappa shape index (κ3) is 3.85. The molecule has 0 saturated heterocycles. The lowest BCUT2D eigenvalue weighted by Gasteiger charge is -2.06. The Balaban J connectivity index is 1.95. The van der Waals surface area contributed by atoms with Crippen LogP contribution in [-0.2, 0) is 6.42 Å². The Morgan fingerprint density at radius 3 is 1.84 bits per heavy atom. The molecule has 0 N–H and O–H groups in total. The van der Waals surface area contributed by atoms with Gasteiger partial charge in [-0.25, -0.2) is 4.79 Å². The Bertz CT molecular complexity index is 541. The van der Waals surface area contributed by atoms with Gasteiger partial charge in [0.15, 0.2) is 0 Å². The fraction of sp³-hybridized carbons (Fsp3) is 0.188. The third-order valence-corrected chi connectivity index (χ3v) is 2.75. The third-order valence-electron chi connectivity index (χ3n) is 2.75. The second-order valence-corrected chi connectivity index (χ2v) is 4.26. The van der Waals surface area contributed by atoms with Gasteiger partial charge in [0, 0.05) is 0 Å². The van der Waals surface area contributed by atoms with Crippen LogP contribution < -0.4 is 9.47 Å². The van der Waals surface area contributed by atoms with E-state index in [9.17, 15) is 4.79 Å². The van der Waals surface area contributed by atoms with Crippen molar-refractivity contribution in [2.75, 3.05) is 0 Å². The molecule has 0 aliphatic rings. The van der Waals surface area contributed by atoms with Gasteiger partial charge in [0.05, 0.1) is 0 Å². The second-order valence-electron chi connectivity index (χ2n) is 4.26. The number of ether oxygens (including phenoxy) is 2. The van der Waals surface area contributed by atoms with Gasteiger partial charge in [-0.2, -0.15) is 0 Å². The molecule has 3 nitrogen and oxygen atoms in total. The standard InChI is InChI=1S/C16H16O3/c1-3-13-6-10-15(11-7-13)19-16(17)18-14-8-4-12(2)5-9-14/h4-11H,3H2,1-2H3. The van der Waals surface area contributed by atoms with Crippen LogP contribution in [-0.4, -0.2) is 6.16 Å². The van der Waals surface area contributed by atoms with Crippen LogP contribution in [0.5, 0.6) is 11.5 Å². The van der Waals surface area contributed by atoms with Crippen LogP contribution in [0.25, 0.3) is 0 Å². The summed E-state index contributed by atoms with van der Waals surface area (Å²) in [5.41, 5.74) is 2.30. The van der Waals surface area contributed by atoms with Crippen molar-refractivity contribution in [2.45, 2.75) is 20.3 Å². The van der Waals surface area contributed by atoms with Crippen LogP contribution in [0.2, 0.25) is 0 Å². The molecule has 0 amide bonds. The molecule has 98 valence electrons. The van der Waals surface area contributed by atoms with E-state index in [-0.39, 0.29) is 0 Å². The number of benzene rings is 2. The summed E-state index contributed by atoms with van der Waals surface area (Å²) in [6, 6.07) is 14.6. The Morgan fingerprint density at radius 2 is 1.37 bits per heavy atom. The summed E-state index contributed by atoms with van der Waals surface area (Å²) in [5.74, 6) is 0.954. The molecule has 2 aromatic carbocycles. The quantitative estimate of drug-likeness (QED) is 0.611. The van der Waals surface area contributed by atoms with Crippen molar-refractivity contribution in [3.05, 3.63) is 59.7 Å². The molecular formula is C16H16O3. The summed E-state index contributed by atoms with van der Waals surface area (Å²) in [4.78, 5) is 11.6. The van der Waals surface area contributed by atoms with E-state index in [1.807, 2.05) is 31.2 Å². The zero-order valence-electron chi connectivity index (χ0n) is 11.1. The van der Waals surface area contributed by atoms with E-state index >= 15 is 0 Å². The molecule has 2 aromatic rings. The van der Waals surface area contributed by atoms with Gasteiger partial charge < -0.3 is 9.47 Å². The van der Waals surface area contributed by atoms with Crippen molar-refractivity contribution in [2.24, 2.45) is 0 Å². The average Bonchev–Trinajstić information content (AvgIpc) is 2.42. The smallest absolute Gasteiger partial charge is 0.395 e. The van der Waals surface area contributed by atoms with Gasteiger partial charge in [0.2, 0.25) is 0 Å². The lowest BCUT2D eigenvalue weighted by Crippen LogP contribution is -2.13. The molecule has 0 atom stereocenters. The Morgan fingerprint density at radius 1 is 0.895 bits per heavy atom. The van der Waals surface area contributed by atoms with Crippen molar-refractivity contribution >= 4 is 6.16 Å². The van der Waals surface area contributed by atoms with Gasteiger partial charge in [-0.3, -0.25) is 0 Å². The van der Waals surface area contributed by atoms with Crippen molar-refractivity contribution in [1.82, 2.24) is 0 Å². The number of hydrogen-bond donors (Lipinski definition) is 0. The molecule has 0 saturated carbocycles. The molecule has 0 fully saturated rings. The first-order chi connectivity index (χ1) is 9.17. The molecule has 2 rings (SSSR count). The first kappa shape index (κ1) is 13.1. The van der Waals surface area contributed by atoms with E-state index in [2.05, 4.69) is 6.92 Å². The summed E-state index contributed by atoms with van der Waals surface area (Å²) >= 11 is 0. The molecule has 0 heterocycles. The predicted molar refractivity (Wildman–Crippen MR) is 73.7 cm³/mol. The van der Waals surface area contributed by atoms with Crippen molar-refractivity contribution in [3.63, 3.8) is 0 Å². The SMILES string of the molecule is CCc1ccc(OC(=O)Oc2ccc(C)cc2)cc1. The lowest BCUT2D eigenvalue weighted by molar-refractivity contribution is 0.152. The van der Waals surface area contributed by atoms with Crippen LogP contribution in [0, 0.1) is 6.92 Å². The fourth-order valence-corrected chi connectivity index (χ4v) is 1.61. The van der Waals surface area contributed by atoms with E-state index in [4.69, 9.17) is 9.47 Å². The maximum Gasteiger partial charge on any atom is 0.519 e. The molecule has 0 aromatic heterocycles. The number of rotatable bonds is 3. The van der Waals surface area contributed by atoms with Gasteiger partial charge in [0.25, 0.3) is 0 Å². The Kier molecular flexibility index (Phi) is 4.18. The minimum absolute atomic E-state index is 0.473. The van der Waals surface area contributed by atoms with E-state index in [0.717, 1.165) is 12.0 Å². The van der Waals surface area contributed by atoms with Gasteiger partial charge >= 0.3 is 6.16 Å². The summed E-state index contributed by atoms with van der Waals surface area (Å²) in [6.45, 7) is 4.04. The molecule has 0 spiro atoms. The highest BCUT2D eigenvalue weighted by atomic mass is 16.7. The van der Waals surface area contributed by atoms with Crippen LogP contribution in [0.15, 0.2) is 48.5 Å². The van der Waals surface area contributed by atoms with E-state index in [1.165, 1.54) is 5.56 Å². The summed E-state index contributed by atoms with van der Waals surface area (Å²) in [6.07, 6.45) is 0.224. The van der Waals surface area contributed by atoms with E-state index < -0.39 is 6.16 Å². The van der Waals surface area contributed by atoms with Crippen molar-refractivity contribution in [1.29, 1.82) is 0 Å². The normalized spacial score (nSPS) is 10.0. The summed E-state index contributed by atoms with van der Waals surface area (Å²) < 4.78 is 10.2. The first-order valence-corrected chi connectivity index (χ1v) is 6.22. The van der Waals surface area contributed by atoms with Gasteiger partial charge in [0.1, 0.15) is 11.5 Å². The van der Waals surface area contributed by atoms with Crippen molar-refractivity contribution in [3.8, 4) is 11.5 Å². The molecule has 0 aliphatic carbocycles. The van der Waals surface area contributed by atoms with Crippen LogP contribution in [0.1, 0.15) is 18.1 Å². The lowest BCUT2D eigenvalue weighted by atomic mass is 10.2. The maximum atomic E-state index is 11.6. The van der Waals surface area contributed by atoms with Gasteiger partial charge in [-0.05, 0) is 43.2 Å².